The van der Waals surface area contributed by atoms with Crippen molar-refractivity contribution >= 4 is 40.3 Å². The molecule has 4 nitrogen and oxygen atoms in total. The zero-order valence-corrected chi connectivity index (χ0v) is 16.6. The largest absolute Gasteiger partial charge is 0.503 e. The number of aliphatic hydroxyl groups is 1. The molecule has 0 spiro atoms. The number of thiophene rings is 1. The molecule has 1 aliphatic heterocycles. The van der Waals surface area contributed by atoms with Crippen LogP contribution in [-0.4, -0.2) is 16.8 Å². The fourth-order valence-corrected chi connectivity index (χ4v) is 3.95. The minimum Gasteiger partial charge on any atom is -0.503 e. The number of aryl methyl sites for hydroxylation is 1. The van der Waals surface area contributed by atoms with Gasteiger partial charge in [-0.25, -0.2) is 0 Å². The number of carbonyl (C=O) groups excluding carboxylic acids is 2. The average Bonchev–Trinajstić information content (AvgIpc) is 3.17. The summed E-state index contributed by atoms with van der Waals surface area (Å²) in [6, 6.07) is 8.34. The molecule has 0 saturated heterocycles. The van der Waals surface area contributed by atoms with E-state index in [0.29, 0.717) is 10.7 Å². The third-order valence-electron chi connectivity index (χ3n) is 4.38. The first-order chi connectivity index (χ1) is 12.1. The van der Waals surface area contributed by atoms with E-state index >= 15 is 0 Å². The van der Waals surface area contributed by atoms with Crippen LogP contribution in [0.5, 0.6) is 0 Å². The van der Waals surface area contributed by atoms with Gasteiger partial charge in [0.15, 0.2) is 11.5 Å². The van der Waals surface area contributed by atoms with Crippen molar-refractivity contribution in [1.82, 2.24) is 0 Å². The van der Waals surface area contributed by atoms with Crippen molar-refractivity contribution in [3.63, 3.8) is 0 Å². The molecule has 2 heterocycles. The molecule has 0 radical (unpaired) electrons. The number of anilines is 1. The Hall–Kier alpha value is -2.11. The predicted molar refractivity (Wildman–Crippen MR) is 105 cm³/mol. The summed E-state index contributed by atoms with van der Waals surface area (Å²) in [5, 5.41) is 13.0. The molecule has 3 rings (SSSR count). The lowest BCUT2D eigenvalue weighted by atomic mass is 9.83. The summed E-state index contributed by atoms with van der Waals surface area (Å²) in [4.78, 5) is 28.1. The lowest BCUT2D eigenvalue weighted by Crippen LogP contribution is -2.32. The first kappa shape index (κ1) is 18.7. The van der Waals surface area contributed by atoms with E-state index < -0.39 is 23.1 Å². The molecule has 1 amide bonds. The summed E-state index contributed by atoms with van der Waals surface area (Å²) in [7, 11) is 0. The molecule has 0 fully saturated rings. The summed E-state index contributed by atoms with van der Waals surface area (Å²) >= 11 is 7.68. The fourth-order valence-electron chi connectivity index (χ4n) is 2.96. The van der Waals surface area contributed by atoms with Crippen LogP contribution in [0.25, 0.3) is 0 Å². The molecule has 1 aromatic carbocycles. The maximum absolute atomic E-state index is 13.0. The quantitative estimate of drug-likeness (QED) is 0.782. The second-order valence-electron chi connectivity index (χ2n) is 7.37. The van der Waals surface area contributed by atoms with E-state index in [1.807, 2.05) is 30.5 Å². The molecule has 0 aliphatic carbocycles. The van der Waals surface area contributed by atoms with E-state index in [1.165, 1.54) is 16.2 Å². The van der Waals surface area contributed by atoms with Gasteiger partial charge in [0.05, 0.1) is 5.57 Å². The third-order valence-corrected chi connectivity index (χ3v) is 5.71. The monoisotopic (exact) mass is 389 g/mol. The number of aliphatic hydroxyl groups excluding tert-OH is 1. The normalized spacial score (nSPS) is 18.0. The summed E-state index contributed by atoms with van der Waals surface area (Å²) in [6.45, 7) is 7.20. The van der Waals surface area contributed by atoms with Crippen LogP contribution in [0.4, 0.5) is 5.69 Å². The standard InChI is InChI=1S/C20H20ClNO3S/c1-11-7-8-12(10-13(11)21)22-16(14-6-5-9-26-14)15(17(23)19(22)25)18(24)20(2,3)4/h5-10,16,23H,1-4H3. The van der Waals surface area contributed by atoms with Crippen molar-refractivity contribution in [1.29, 1.82) is 0 Å². The highest BCUT2D eigenvalue weighted by Crippen LogP contribution is 2.45. The van der Waals surface area contributed by atoms with Gasteiger partial charge in [0.2, 0.25) is 0 Å². The molecular weight excluding hydrogens is 370 g/mol. The minimum atomic E-state index is -0.722. The SMILES string of the molecule is Cc1ccc(N2C(=O)C(O)=C(C(=O)C(C)(C)C)C2c2cccs2)cc1Cl. The van der Waals surface area contributed by atoms with Crippen LogP contribution in [0.2, 0.25) is 5.02 Å². The maximum Gasteiger partial charge on any atom is 0.294 e. The van der Waals surface area contributed by atoms with Gasteiger partial charge < -0.3 is 5.11 Å². The van der Waals surface area contributed by atoms with Crippen LogP contribution in [0, 0.1) is 12.3 Å². The van der Waals surface area contributed by atoms with E-state index in [0.717, 1.165) is 10.4 Å². The molecule has 1 N–H and O–H groups in total. The smallest absolute Gasteiger partial charge is 0.294 e. The number of Topliss-reactive ketones (excluding diaryl/α,β-unsaturated/α-hetero) is 1. The van der Waals surface area contributed by atoms with Crippen molar-refractivity contribution in [2.75, 3.05) is 4.90 Å². The van der Waals surface area contributed by atoms with Gasteiger partial charge in [-0.1, -0.05) is 44.5 Å². The summed E-state index contributed by atoms with van der Waals surface area (Å²) in [5.41, 5.74) is 0.854. The Balaban J connectivity index is 2.18. The van der Waals surface area contributed by atoms with Crippen molar-refractivity contribution in [2.24, 2.45) is 5.41 Å². The van der Waals surface area contributed by atoms with Crippen LogP contribution in [0.15, 0.2) is 47.0 Å². The Labute approximate surface area is 161 Å². The highest BCUT2D eigenvalue weighted by Gasteiger charge is 2.47. The lowest BCUT2D eigenvalue weighted by Gasteiger charge is -2.28. The van der Waals surface area contributed by atoms with Gasteiger partial charge in [0.1, 0.15) is 6.04 Å². The van der Waals surface area contributed by atoms with Crippen molar-refractivity contribution in [3.8, 4) is 0 Å². The Kier molecular flexibility index (Phi) is 4.71. The van der Waals surface area contributed by atoms with Crippen molar-refractivity contribution in [3.05, 3.63) is 62.5 Å². The second-order valence-corrected chi connectivity index (χ2v) is 8.75. The Morgan fingerprint density at radius 3 is 2.50 bits per heavy atom. The number of amides is 1. The number of benzene rings is 1. The number of rotatable bonds is 3. The zero-order valence-electron chi connectivity index (χ0n) is 15.0. The molecule has 0 saturated carbocycles. The van der Waals surface area contributed by atoms with Crippen LogP contribution in [0.1, 0.15) is 37.3 Å². The van der Waals surface area contributed by atoms with E-state index in [1.54, 1.807) is 32.9 Å². The molecule has 1 atom stereocenters. The highest BCUT2D eigenvalue weighted by molar-refractivity contribution is 7.10. The molecule has 1 aliphatic rings. The molecule has 1 aromatic heterocycles. The van der Waals surface area contributed by atoms with Gasteiger partial charge in [-0.05, 0) is 36.1 Å². The number of hydrogen-bond donors (Lipinski definition) is 1. The summed E-state index contributed by atoms with van der Waals surface area (Å²) in [5.74, 6) is -1.32. The minimum absolute atomic E-state index is 0.140. The zero-order chi connectivity index (χ0) is 19.2. The Bertz CT molecular complexity index is 910. The van der Waals surface area contributed by atoms with E-state index in [9.17, 15) is 14.7 Å². The number of ketones is 1. The summed E-state index contributed by atoms with van der Waals surface area (Å²) in [6.07, 6.45) is 0. The molecule has 6 heteroatoms. The molecule has 26 heavy (non-hydrogen) atoms. The van der Waals surface area contributed by atoms with E-state index in [4.69, 9.17) is 11.6 Å². The summed E-state index contributed by atoms with van der Waals surface area (Å²) < 4.78 is 0. The topological polar surface area (TPSA) is 57.6 Å². The second kappa shape index (κ2) is 6.56. The van der Waals surface area contributed by atoms with E-state index in [2.05, 4.69) is 0 Å². The van der Waals surface area contributed by atoms with Gasteiger partial charge in [0.25, 0.3) is 5.91 Å². The van der Waals surface area contributed by atoms with Gasteiger partial charge in [-0.15, -0.1) is 11.3 Å². The Morgan fingerprint density at radius 2 is 1.96 bits per heavy atom. The Morgan fingerprint density at radius 1 is 1.27 bits per heavy atom. The van der Waals surface area contributed by atoms with Crippen molar-refractivity contribution < 1.29 is 14.7 Å². The molecule has 2 aromatic rings. The average molecular weight is 390 g/mol. The van der Waals surface area contributed by atoms with Crippen LogP contribution >= 0.6 is 22.9 Å². The molecule has 0 bridgehead atoms. The van der Waals surface area contributed by atoms with Gasteiger partial charge >= 0.3 is 0 Å². The first-order valence-electron chi connectivity index (χ1n) is 8.24. The molecule has 1 unspecified atom stereocenters. The van der Waals surface area contributed by atoms with Gasteiger partial charge in [-0.2, -0.15) is 0 Å². The highest BCUT2D eigenvalue weighted by atomic mass is 35.5. The van der Waals surface area contributed by atoms with Crippen LogP contribution in [0.3, 0.4) is 0 Å². The lowest BCUT2D eigenvalue weighted by molar-refractivity contribution is -0.123. The number of nitrogens with zero attached hydrogens (tertiary/aromatic N) is 1. The third kappa shape index (κ3) is 3.06. The number of carbonyl (C=O) groups is 2. The van der Waals surface area contributed by atoms with Crippen LogP contribution < -0.4 is 4.90 Å². The number of hydrogen-bond acceptors (Lipinski definition) is 4. The van der Waals surface area contributed by atoms with Gasteiger partial charge in [0, 0.05) is 21.0 Å². The van der Waals surface area contributed by atoms with Crippen LogP contribution in [-0.2, 0) is 9.59 Å². The number of halogens is 1. The maximum atomic E-state index is 13.0. The van der Waals surface area contributed by atoms with E-state index in [-0.39, 0.29) is 11.4 Å². The molecular formula is C20H20ClNO3S. The predicted octanol–water partition coefficient (Wildman–Crippen LogP) is 5.23. The van der Waals surface area contributed by atoms with Gasteiger partial charge in [-0.3, -0.25) is 14.5 Å². The van der Waals surface area contributed by atoms with Crippen molar-refractivity contribution in [2.45, 2.75) is 33.7 Å². The fraction of sp³-hybridized carbons (Fsp3) is 0.300. The molecule has 136 valence electrons. The first-order valence-corrected chi connectivity index (χ1v) is 9.49.